The Bertz CT molecular complexity index is 598. The summed E-state index contributed by atoms with van der Waals surface area (Å²) in [4.78, 5) is 11.0. The van der Waals surface area contributed by atoms with E-state index in [9.17, 15) is 0 Å². The van der Waals surface area contributed by atoms with Gasteiger partial charge >= 0.3 is 0 Å². The smallest absolute Gasteiger partial charge is 0.223 e. The summed E-state index contributed by atoms with van der Waals surface area (Å²) in [6.07, 6.45) is 1.01. The predicted molar refractivity (Wildman–Crippen MR) is 88.3 cm³/mol. The third kappa shape index (κ3) is 3.20. The molecule has 0 saturated carbocycles. The minimum atomic E-state index is 0.272. The first-order valence-electron chi connectivity index (χ1n) is 7.11. The third-order valence-corrected chi connectivity index (χ3v) is 5.04. The Kier molecular flexibility index (Phi) is 4.18. The van der Waals surface area contributed by atoms with E-state index in [1.54, 1.807) is 11.3 Å². The van der Waals surface area contributed by atoms with Gasteiger partial charge in [0.2, 0.25) is 5.95 Å². The molecular formula is C15H24N4S. The van der Waals surface area contributed by atoms with Crippen LogP contribution in [0.4, 0.5) is 11.8 Å². The second kappa shape index (κ2) is 5.56. The van der Waals surface area contributed by atoms with Crippen LogP contribution in [-0.2, 0) is 6.42 Å². The van der Waals surface area contributed by atoms with Crippen molar-refractivity contribution in [2.45, 2.75) is 41.0 Å². The molecule has 0 amide bonds. The van der Waals surface area contributed by atoms with Crippen LogP contribution in [0.25, 0.3) is 10.2 Å². The Morgan fingerprint density at radius 1 is 1.35 bits per heavy atom. The van der Waals surface area contributed by atoms with Crippen LogP contribution in [0.3, 0.4) is 0 Å². The molecule has 5 heteroatoms. The summed E-state index contributed by atoms with van der Waals surface area (Å²) in [6.45, 7) is 12.0. The summed E-state index contributed by atoms with van der Waals surface area (Å²) in [5.74, 6) is 1.74. The quantitative estimate of drug-likeness (QED) is 0.896. The minimum Gasteiger partial charge on any atom is -0.369 e. The van der Waals surface area contributed by atoms with Crippen molar-refractivity contribution in [3.8, 4) is 0 Å². The standard InChI is InChI=1S/C15H24N4S/c1-6-10-7-11-12(17-8-9(2)15(3,4)5)18-14(16)19-13(11)20-10/h7,9H,6,8H2,1-5H3,(H3,16,17,18,19). The van der Waals surface area contributed by atoms with Gasteiger partial charge < -0.3 is 11.1 Å². The lowest BCUT2D eigenvalue weighted by molar-refractivity contribution is 0.274. The topological polar surface area (TPSA) is 63.8 Å². The molecule has 0 aliphatic rings. The fourth-order valence-corrected chi connectivity index (χ4v) is 2.83. The van der Waals surface area contributed by atoms with Crippen LogP contribution in [0.15, 0.2) is 6.07 Å². The SMILES string of the molecule is CCc1cc2c(NCC(C)C(C)(C)C)nc(N)nc2s1. The minimum absolute atomic E-state index is 0.272. The van der Waals surface area contributed by atoms with E-state index >= 15 is 0 Å². The van der Waals surface area contributed by atoms with Crippen LogP contribution < -0.4 is 11.1 Å². The molecule has 0 bridgehead atoms. The Balaban J connectivity index is 2.27. The molecule has 2 aromatic heterocycles. The third-order valence-electron chi connectivity index (χ3n) is 3.86. The molecule has 0 saturated heterocycles. The van der Waals surface area contributed by atoms with Gasteiger partial charge in [0.1, 0.15) is 10.6 Å². The van der Waals surface area contributed by atoms with E-state index in [0.717, 1.165) is 29.0 Å². The van der Waals surface area contributed by atoms with Gasteiger partial charge in [0.25, 0.3) is 0 Å². The maximum Gasteiger partial charge on any atom is 0.223 e. The highest BCUT2D eigenvalue weighted by Crippen LogP contribution is 2.31. The fourth-order valence-electron chi connectivity index (χ4n) is 1.85. The average molecular weight is 292 g/mol. The molecule has 1 atom stereocenters. The number of aromatic nitrogens is 2. The largest absolute Gasteiger partial charge is 0.369 e. The van der Waals surface area contributed by atoms with E-state index in [1.807, 2.05) is 0 Å². The number of nitrogens with two attached hydrogens (primary N) is 1. The highest BCUT2D eigenvalue weighted by Gasteiger charge is 2.20. The Morgan fingerprint density at radius 3 is 2.65 bits per heavy atom. The van der Waals surface area contributed by atoms with Crippen molar-refractivity contribution in [1.82, 2.24) is 9.97 Å². The lowest BCUT2D eigenvalue weighted by Crippen LogP contribution is -2.25. The molecule has 1 unspecified atom stereocenters. The van der Waals surface area contributed by atoms with Crippen molar-refractivity contribution >= 4 is 33.3 Å². The monoisotopic (exact) mass is 292 g/mol. The van der Waals surface area contributed by atoms with Gasteiger partial charge in [-0.2, -0.15) is 4.98 Å². The fraction of sp³-hybridized carbons (Fsp3) is 0.600. The molecule has 0 radical (unpaired) electrons. The first-order chi connectivity index (χ1) is 9.31. The molecule has 20 heavy (non-hydrogen) atoms. The maximum atomic E-state index is 5.81. The van der Waals surface area contributed by atoms with Gasteiger partial charge in [-0.05, 0) is 23.8 Å². The van der Waals surface area contributed by atoms with E-state index < -0.39 is 0 Å². The summed E-state index contributed by atoms with van der Waals surface area (Å²) in [5, 5.41) is 4.53. The van der Waals surface area contributed by atoms with Crippen LogP contribution in [-0.4, -0.2) is 16.5 Å². The number of fused-ring (bicyclic) bond motifs is 1. The summed E-state index contributed by atoms with van der Waals surface area (Å²) in [5.41, 5.74) is 6.08. The van der Waals surface area contributed by atoms with Gasteiger partial charge in [0.05, 0.1) is 5.39 Å². The number of hydrogen-bond donors (Lipinski definition) is 2. The van der Waals surface area contributed by atoms with E-state index in [1.165, 1.54) is 4.88 Å². The molecule has 4 nitrogen and oxygen atoms in total. The molecule has 110 valence electrons. The van der Waals surface area contributed by atoms with E-state index in [2.05, 4.69) is 56.0 Å². The number of nitrogens with zero attached hydrogens (tertiary/aromatic N) is 2. The van der Waals surface area contributed by atoms with Gasteiger partial charge in [0, 0.05) is 11.4 Å². The number of thiophene rings is 1. The van der Waals surface area contributed by atoms with Gasteiger partial charge in [-0.15, -0.1) is 11.3 Å². The molecule has 0 aliphatic carbocycles. The van der Waals surface area contributed by atoms with Gasteiger partial charge in [0.15, 0.2) is 0 Å². The van der Waals surface area contributed by atoms with Gasteiger partial charge in [-0.25, -0.2) is 4.98 Å². The Hall–Kier alpha value is -1.36. The van der Waals surface area contributed by atoms with Crippen molar-refractivity contribution in [3.63, 3.8) is 0 Å². The number of anilines is 2. The van der Waals surface area contributed by atoms with E-state index in [-0.39, 0.29) is 5.41 Å². The Morgan fingerprint density at radius 2 is 2.05 bits per heavy atom. The lowest BCUT2D eigenvalue weighted by atomic mass is 9.82. The Labute approximate surface area is 124 Å². The number of aryl methyl sites for hydroxylation is 1. The van der Waals surface area contributed by atoms with Crippen molar-refractivity contribution in [1.29, 1.82) is 0 Å². The van der Waals surface area contributed by atoms with Crippen molar-refractivity contribution < 1.29 is 0 Å². The van der Waals surface area contributed by atoms with Crippen LogP contribution in [0.2, 0.25) is 0 Å². The highest BCUT2D eigenvalue weighted by atomic mass is 32.1. The molecule has 0 aromatic carbocycles. The van der Waals surface area contributed by atoms with Gasteiger partial charge in [-0.1, -0.05) is 34.6 Å². The number of hydrogen-bond acceptors (Lipinski definition) is 5. The zero-order valence-electron chi connectivity index (χ0n) is 12.9. The normalized spacial score (nSPS) is 13.7. The zero-order valence-corrected chi connectivity index (χ0v) is 13.8. The molecule has 2 rings (SSSR count). The lowest BCUT2D eigenvalue weighted by Gasteiger charge is -2.27. The van der Waals surface area contributed by atoms with Crippen LogP contribution in [0, 0.1) is 11.3 Å². The second-order valence-electron chi connectivity index (χ2n) is 6.36. The number of rotatable bonds is 4. The zero-order chi connectivity index (χ0) is 14.9. The summed E-state index contributed by atoms with van der Waals surface area (Å²) >= 11 is 1.69. The predicted octanol–water partition coefficient (Wildman–Crippen LogP) is 3.93. The first kappa shape index (κ1) is 15.0. The molecule has 3 N–H and O–H groups in total. The van der Waals surface area contributed by atoms with Gasteiger partial charge in [-0.3, -0.25) is 0 Å². The second-order valence-corrected chi connectivity index (χ2v) is 7.48. The summed E-state index contributed by atoms with van der Waals surface area (Å²) < 4.78 is 0. The van der Waals surface area contributed by atoms with E-state index in [4.69, 9.17) is 5.73 Å². The maximum absolute atomic E-state index is 5.81. The molecule has 0 fully saturated rings. The molecule has 2 heterocycles. The first-order valence-corrected chi connectivity index (χ1v) is 7.92. The summed E-state index contributed by atoms with van der Waals surface area (Å²) in [6, 6.07) is 2.17. The van der Waals surface area contributed by atoms with Crippen molar-refractivity contribution in [2.75, 3.05) is 17.6 Å². The van der Waals surface area contributed by atoms with E-state index in [0.29, 0.717) is 11.9 Å². The van der Waals surface area contributed by atoms with Crippen LogP contribution in [0.5, 0.6) is 0 Å². The van der Waals surface area contributed by atoms with Crippen molar-refractivity contribution in [3.05, 3.63) is 10.9 Å². The number of nitrogens with one attached hydrogen (secondary N) is 1. The summed E-state index contributed by atoms with van der Waals surface area (Å²) in [7, 11) is 0. The molecule has 2 aromatic rings. The highest BCUT2D eigenvalue weighted by molar-refractivity contribution is 7.18. The molecule has 0 spiro atoms. The number of nitrogen functional groups attached to an aromatic ring is 1. The molecule has 0 aliphatic heterocycles. The average Bonchev–Trinajstić information content (AvgIpc) is 2.77. The van der Waals surface area contributed by atoms with Crippen molar-refractivity contribution in [2.24, 2.45) is 11.3 Å². The molecular weight excluding hydrogens is 268 g/mol. The van der Waals surface area contributed by atoms with Crippen LogP contribution >= 0.6 is 11.3 Å². The van der Waals surface area contributed by atoms with Crippen LogP contribution in [0.1, 0.15) is 39.5 Å².